The van der Waals surface area contributed by atoms with Gasteiger partial charge in [0, 0.05) is 31.9 Å². The number of ether oxygens (including phenoxy) is 1. The second-order valence-electron chi connectivity index (χ2n) is 6.29. The number of alkyl halides is 3. The Morgan fingerprint density at radius 1 is 1.07 bits per heavy atom. The topological polar surface area (TPSA) is 44.8 Å². The summed E-state index contributed by atoms with van der Waals surface area (Å²) in [6, 6.07) is 9.99. The molecule has 150 valence electrons. The summed E-state index contributed by atoms with van der Waals surface area (Å²) in [4.78, 5) is 16.1. The minimum absolute atomic E-state index is 0.0539. The first-order valence-corrected chi connectivity index (χ1v) is 8.97. The van der Waals surface area contributed by atoms with Gasteiger partial charge in [0.2, 0.25) is 0 Å². The van der Waals surface area contributed by atoms with E-state index in [1.54, 1.807) is 12.0 Å². The number of anilines is 2. The summed E-state index contributed by atoms with van der Waals surface area (Å²) in [5.74, 6) is 0.764. The van der Waals surface area contributed by atoms with Crippen LogP contribution < -0.4 is 15.0 Å². The summed E-state index contributed by atoms with van der Waals surface area (Å²) >= 11 is 5.94. The Hall–Kier alpha value is -2.61. The highest BCUT2D eigenvalue weighted by molar-refractivity contribution is 6.33. The number of rotatable bonds is 3. The highest BCUT2D eigenvalue weighted by atomic mass is 35.5. The normalized spacial score (nSPS) is 14.8. The van der Waals surface area contributed by atoms with Crippen LogP contribution in [-0.4, -0.2) is 44.2 Å². The summed E-state index contributed by atoms with van der Waals surface area (Å²) in [6.45, 7) is 2.09. The number of hydrogen-bond donors (Lipinski definition) is 1. The maximum atomic E-state index is 12.9. The zero-order valence-electron chi connectivity index (χ0n) is 15.1. The molecule has 5 nitrogen and oxygen atoms in total. The Balaban J connectivity index is 1.61. The molecule has 0 saturated carbocycles. The lowest BCUT2D eigenvalue weighted by Gasteiger charge is -2.36. The van der Waals surface area contributed by atoms with E-state index in [0.29, 0.717) is 26.2 Å². The average Bonchev–Trinajstić information content (AvgIpc) is 2.69. The molecule has 0 aromatic heterocycles. The molecule has 1 aliphatic rings. The minimum Gasteiger partial charge on any atom is -0.497 e. The molecule has 2 amide bonds. The molecule has 2 aromatic rings. The monoisotopic (exact) mass is 413 g/mol. The van der Waals surface area contributed by atoms with Crippen LogP contribution in [0.4, 0.5) is 29.3 Å². The number of nitrogens with one attached hydrogen (secondary N) is 1. The number of nitrogens with zero attached hydrogens (tertiary/aromatic N) is 2. The number of carbonyl (C=O) groups excluding carboxylic acids is 1. The van der Waals surface area contributed by atoms with Gasteiger partial charge < -0.3 is 19.9 Å². The number of amides is 2. The fourth-order valence-electron chi connectivity index (χ4n) is 2.95. The van der Waals surface area contributed by atoms with Crippen LogP contribution in [0.3, 0.4) is 0 Å². The van der Waals surface area contributed by atoms with E-state index in [4.69, 9.17) is 16.3 Å². The van der Waals surface area contributed by atoms with Gasteiger partial charge in [-0.1, -0.05) is 11.6 Å². The van der Waals surface area contributed by atoms with Crippen molar-refractivity contribution in [2.45, 2.75) is 6.18 Å². The molecule has 1 heterocycles. The summed E-state index contributed by atoms with van der Waals surface area (Å²) < 4.78 is 43.7. The third-order valence-electron chi connectivity index (χ3n) is 4.54. The second kappa shape index (κ2) is 8.18. The molecule has 1 N–H and O–H groups in total. The molecule has 0 aliphatic carbocycles. The van der Waals surface area contributed by atoms with Crippen molar-refractivity contribution in [3.05, 3.63) is 53.1 Å². The van der Waals surface area contributed by atoms with Crippen LogP contribution in [0.1, 0.15) is 5.56 Å². The first-order chi connectivity index (χ1) is 13.3. The van der Waals surface area contributed by atoms with Gasteiger partial charge in [0.25, 0.3) is 0 Å². The lowest BCUT2D eigenvalue weighted by molar-refractivity contribution is -0.137. The SMILES string of the molecule is COc1ccc(N2CCN(C(=O)Nc3cc(C(F)(F)F)ccc3Cl)CC2)cc1. The van der Waals surface area contributed by atoms with Crippen LogP contribution in [0.2, 0.25) is 5.02 Å². The number of urea groups is 1. The van der Waals surface area contributed by atoms with E-state index >= 15 is 0 Å². The summed E-state index contributed by atoms with van der Waals surface area (Å²) in [6.07, 6.45) is -4.51. The molecule has 0 bridgehead atoms. The molecule has 2 aromatic carbocycles. The number of methoxy groups -OCH3 is 1. The quantitative estimate of drug-likeness (QED) is 0.791. The molecule has 3 rings (SSSR count). The first-order valence-electron chi connectivity index (χ1n) is 8.59. The van der Waals surface area contributed by atoms with Crippen molar-refractivity contribution in [3.8, 4) is 5.75 Å². The largest absolute Gasteiger partial charge is 0.497 e. The smallest absolute Gasteiger partial charge is 0.416 e. The van der Waals surface area contributed by atoms with Crippen molar-refractivity contribution < 1.29 is 22.7 Å². The molecule has 1 aliphatic heterocycles. The molecule has 28 heavy (non-hydrogen) atoms. The number of piperazine rings is 1. The van der Waals surface area contributed by atoms with Crippen LogP contribution in [0.15, 0.2) is 42.5 Å². The van der Waals surface area contributed by atoms with Crippen molar-refractivity contribution in [2.24, 2.45) is 0 Å². The van der Waals surface area contributed by atoms with Crippen LogP contribution in [-0.2, 0) is 6.18 Å². The van der Waals surface area contributed by atoms with Crippen molar-refractivity contribution in [1.82, 2.24) is 4.90 Å². The summed E-state index contributed by atoms with van der Waals surface area (Å²) in [5, 5.41) is 2.54. The molecule has 0 atom stereocenters. The molecule has 0 unspecified atom stereocenters. The van der Waals surface area contributed by atoms with Crippen molar-refractivity contribution in [2.75, 3.05) is 43.5 Å². The Morgan fingerprint density at radius 3 is 2.29 bits per heavy atom. The number of carbonyl (C=O) groups is 1. The highest BCUT2D eigenvalue weighted by Gasteiger charge is 2.31. The maximum absolute atomic E-state index is 12.9. The van der Waals surface area contributed by atoms with E-state index < -0.39 is 17.8 Å². The number of halogens is 4. The summed E-state index contributed by atoms with van der Waals surface area (Å²) in [5.41, 5.74) is 0.0948. The fraction of sp³-hybridized carbons (Fsp3) is 0.316. The lowest BCUT2D eigenvalue weighted by Crippen LogP contribution is -2.50. The predicted molar refractivity (Wildman–Crippen MR) is 102 cm³/mol. The van der Waals surface area contributed by atoms with Gasteiger partial charge in [0.15, 0.2) is 0 Å². The summed E-state index contributed by atoms with van der Waals surface area (Å²) in [7, 11) is 1.60. The van der Waals surface area contributed by atoms with Gasteiger partial charge in [0.05, 0.1) is 23.4 Å². The van der Waals surface area contributed by atoms with Crippen molar-refractivity contribution in [3.63, 3.8) is 0 Å². The highest BCUT2D eigenvalue weighted by Crippen LogP contribution is 2.34. The fourth-order valence-corrected chi connectivity index (χ4v) is 3.12. The molecule has 0 spiro atoms. The van der Waals surface area contributed by atoms with Gasteiger partial charge in [-0.25, -0.2) is 4.79 Å². The Morgan fingerprint density at radius 2 is 1.71 bits per heavy atom. The van der Waals surface area contributed by atoms with Gasteiger partial charge in [-0.2, -0.15) is 13.2 Å². The van der Waals surface area contributed by atoms with Crippen LogP contribution in [0, 0.1) is 0 Å². The zero-order valence-corrected chi connectivity index (χ0v) is 15.8. The van der Waals surface area contributed by atoms with Crippen LogP contribution in [0.25, 0.3) is 0 Å². The Kier molecular flexibility index (Phi) is 5.88. The third-order valence-corrected chi connectivity index (χ3v) is 4.87. The van der Waals surface area contributed by atoms with Gasteiger partial charge in [-0.15, -0.1) is 0 Å². The van der Waals surface area contributed by atoms with E-state index in [2.05, 4.69) is 10.2 Å². The van der Waals surface area contributed by atoms with Gasteiger partial charge in [-0.05, 0) is 42.5 Å². The molecular formula is C19H19ClF3N3O2. The zero-order chi connectivity index (χ0) is 20.3. The predicted octanol–water partition coefficient (Wildman–Crippen LogP) is 4.72. The maximum Gasteiger partial charge on any atom is 0.416 e. The average molecular weight is 414 g/mol. The third kappa shape index (κ3) is 4.62. The molecular weight excluding hydrogens is 395 g/mol. The van der Waals surface area contributed by atoms with Crippen LogP contribution in [0.5, 0.6) is 5.75 Å². The van der Waals surface area contributed by atoms with E-state index in [0.717, 1.165) is 29.6 Å². The van der Waals surface area contributed by atoms with Crippen LogP contribution >= 0.6 is 11.6 Å². The number of hydrogen-bond acceptors (Lipinski definition) is 3. The Labute approximate surface area is 165 Å². The van der Waals surface area contributed by atoms with Crippen molar-refractivity contribution in [1.29, 1.82) is 0 Å². The van der Waals surface area contributed by atoms with E-state index in [1.807, 2.05) is 24.3 Å². The van der Waals surface area contributed by atoms with Gasteiger partial charge in [0.1, 0.15) is 5.75 Å². The second-order valence-corrected chi connectivity index (χ2v) is 6.70. The first kappa shape index (κ1) is 20.1. The molecule has 1 saturated heterocycles. The van der Waals surface area contributed by atoms with Gasteiger partial charge in [-0.3, -0.25) is 0 Å². The standard InChI is InChI=1S/C19H19ClF3N3O2/c1-28-15-5-3-14(4-6-15)25-8-10-26(11-9-25)18(27)24-17-12-13(19(21,22)23)2-7-16(17)20/h2-7,12H,8-11H2,1H3,(H,24,27). The van der Waals surface area contributed by atoms with E-state index in [-0.39, 0.29) is 10.7 Å². The molecule has 9 heteroatoms. The number of benzene rings is 2. The molecule has 1 fully saturated rings. The Bertz CT molecular complexity index is 835. The van der Waals surface area contributed by atoms with E-state index in [9.17, 15) is 18.0 Å². The van der Waals surface area contributed by atoms with Gasteiger partial charge >= 0.3 is 12.2 Å². The minimum atomic E-state index is -4.51. The van der Waals surface area contributed by atoms with E-state index in [1.165, 1.54) is 0 Å². The molecule has 0 radical (unpaired) electrons. The lowest BCUT2D eigenvalue weighted by atomic mass is 10.2. The van der Waals surface area contributed by atoms with Crippen molar-refractivity contribution >= 4 is 29.0 Å².